The van der Waals surface area contributed by atoms with E-state index in [4.69, 9.17) is 5.73 Å². The average Bonchev–Trinajstić information content (AvgIpc) is 2.54. The number of nitrogens with one attached hydrogen (secondary N) is 1. The van der Waals surface area contributed by atoms with Gasteiger partial charge < -0.3 is 11.1 Å². The minimum absolute atomic E-state index is 0.416. The topological polar surface area (TPSA) is 76.7 Å². The van der Waals surface area contributed by atoms with Crippen LogP contribution in [0, 0.1) is 0 Å². The van der Waals surface area contributed by atoms with Gasteiger partial charge in [-0.15, -0.1) is 0 Å². The molecule has 23 heavy (non-hydrogen) atoms. The van der Waals surface area contributed by atoms with Crippen LogP contribution < -0.4 is 11.1 Å². The fraction of sp³-hybridized carbons (Fsp3) is 0.278. The largest absolute Gasteiger partial charge is 0.382 e. The quantitative estimate of drug-likeness (QED) is 0.775. The summed E-state index contributed by atoms with van der Waals surface area (Å²) in [5.41, 5.74) is 10.6. The van der Waals surface area contributed by atoms with Crippen LogP contribution in [-0.4, -0.2) is 21.0 Å². The van der Waals surface area contributed by atoms with Crippen LogP contribution in [0.1, 0.15) is 24.8 Å². The average molecular weight is 305 g/mol. The molecule has 0 amide bonds. The molecule has 1 saturated carbocycles. The van der Waals surface area contributed by atoms with Crippen molar-refractivity contribution in [3.63, 3.8) is 0 Å². The molecule has 4 rings (SSSR count). The van der Waals surface area contributed by atoms with Crippen LogP contribution in [0.4, 0.5) is 5.82 Å². The smallest absolute Gasteiger partial charge is 0.153 e. The summed E-state index contributed by atoms with van der Waals surface area (Å²) in [4.78, 5) is 12.9. The Hall–Kier alpha value is -2.53. The third-order valence-corrected chi connectivity index (χ3v) is 4.43. The highest BCUT2D eigenvalue weighted by Gasteiger charge is 2.16. The molecule has 1 aromatic carbocycles. The predicted molar refractivity (Wildman–Crippen MR) is 91.7 cm³/mol. The van der Waals surface area contributed by atoms with Crippen molar-refractivity contribution in [1.82, 2.24) is 20.3 Å². The number of nitrogen functional groups attached to an aromatic ring is 1. The van der Waals surface area contributed by atoms with Crippen molar-refractivity contribution in [3.8, 4) is 11.3 Å². The Bertz CT molecular complexity index is 842. The van der Waals surface area contributed by atoms with Crippen molar-refractivity contribution in [2.24, 2.45) is 0 Å². The molecular formula is C18H19N5. The summed E-state index contributed by atoms with van der Waals surface area (Å²) in [5, 5.41) is 3.59. The van der Waals surface area contributed by atoms with Crippen molar-refractivity contribution >= 4 is 16.9 Å². The number of rotatable bonds is 4. The van der Waals surface area contributed by atoms with Gasteiger partial charge in [0.1, 0.15) is 11.8 Å². The number of pyridine rings is 1. The van der Waals surface area contributed by atoms with Crippen LogP contribution in [0.15, 0.2) is 42.7 Å². The first-order valence-corrected chi connectivity index (χ1v) is 7.99. The van der Waals surface area contributed by atoms with E-state index in [1.165, 1.54) is 31.2 Å². The molecule has 1 fully saturated rings. The van der Waals surface area contributed by atoms with Gasteiger partial charge in [-0.3, -0.25) is 0 Å². The lowest BCUT2D eigenvalue weighted by Gasteiger charge is -2.26. The number of nitrogens with zero attached hydrogens (tertiary/aromatic N) is 3. The Morgan fingerprint density at radius 1 is 1.13 bits per heavy atom. The lowest BCUT2D eigenvalue weighted by Crippen LogP contribution is -2.34. The molecule has 2 heterocycles. The molecule has 5 nitrogen and oxygen atoms in total. The Labute approximate surface area is 135 Å². The third-order valence-electron chi connectivity index (χ3n) is 4.43. The van der Waals surface area contributed by atoms with E-state index in [0.29, 0.717) is 17.4 Å². The first kappa shape index (κ1) is 14.1. The number of aromatic nitrogens is 3. The molecule has 1 aliphatic rings. The van der Waals surface area contributed by atoms with Gasteiger partial charge in [-0.1, -0.05) is 24.6 Å². The first-order chi connectivity index (χ1) is 11.3. The highest BCUT2D eigenvalue weighted by molar-refractivity contribution is 5.85. The second kappa shape index (κ2) is 5.93. The maximum Gasteiger partial charge on any atom is 0.153 e. The molecular weight excluding hydrogens is 286 g/mol. The van der Waals surface area contributed by atoms with E-state index in [-0.39, 0.29) is 0 Å². The van der Waals surface area contributed by atoms with E-state index < -0.39 is 0 Å². The summed E-state index contributed by atoms with van der Waals surface area (Å²) in [7, 11) is 0. The van der Waals surface area contributed by atoms with Crippen LogP contribution in [0.25, 0.3) is 22.3 Å². The number of hydrogen-bond donors (Lipinski definition) is 2. The molecule has 1 aliphatic carbocycles. The molecule has 3 aromatic rings. The van der Waals surface area contributed by atoms with E-state index in [9.17, 15) is 0 Å². The molecule has 0 atom stereocenters. The second-order valence-electron chi connectivity index (χ2n) is 6.03. The van der Waals surface area contributed by atoms with Crippen molar-refractivity contribution < 1.29 is 0 Å². The number of anilines is 1. The van der Waals surface area contributed by atoms with E-state index in [1.807, 2.05) is 12.1 Å². The molecule has 5 heteroatoms. The number of benzene rings is 1. The van der Waals surface area contributed by atoms with Crippen LogP contribution in [-0.2, 0) is 6.54 Å². The fourth-order valence-electron chi connectivity index (χ4n) is 2.83. The summed E-state index contributed by atoms with van der Waals surface area (Å²) in [6.07, 6.45) is 5.41. The molecule has 0 bridgehead atoms. The highest BCUT2D eigenvalue weighted by Crippen LogP contribution is 2.23. The minimum atomic E-state index is 0.416. The summed E-state index contributed by atoms with van der Waals surface area (Å²) in [5.74, 6) is 0.416. The van der Waals surface area contributed by atoms with Gasteiger partial charge in [0.2, 0.25) is 0 Å². The SMILES string of the molecule is Nc1ncnc2ccc(-c3cccc(CNC4CCC4)c3)nc12. The molecule has 0 aliphatic heterocycles. The van der Waals surface area contributed by atoms with Crippen LogP contribution in [0.3, 0.4) is 0 Å². The summed E-state index contributed by atoms with van der Waals surface area (Å²) >= 11 is 0. The van der Waals surface area contributed by atoms with Crippen LogP contribution >= 0.6 is 0 Å². The monoisotopic (exact) mass is 305 g/mol. The van der Waals surface area contributed by atoms with Crippen molar-refractivity contribution in [1.29, 1.82) is 0 Å². The Kier molecular flexibility index (Phi) is 3.63. The maximum absolute atomic E-state index is 5.91. The molecule has 0 saturated heterocycles. The zero-order chi connectivity index (χ0) is 15.6. The van der Waals surface area contributed by atoms with Gasteiger partial charge in [0.25, 0.3) is 0 Å². The Morgan fingerprint density at radius 3 is 2.87 bits per heavy atom. The van der Waals surface area contributed by atoms with E-state index in [1.54, 1.807) is 0 Å². The van der Waals surface area contributed by atoms with Crippen LogP contribution in [0.2, 0.25) is 0 Å². The number of hydrogen-bond acceptors (Lipinski definition) is 5. The zero-order valence-electron chi connectivity index (χ0n) is 12.9. The van der Waals surface area contributed by atoms with Crippen molar-refractivity contribution in [3.05, 3.63) is 48.3 Å². The summed E-state index contributed by atoms with van der Waals surface area (Å²) < 4.78 is 0. The minimum Gasteiger partial charge on any atom is -0.382 e. The first-order valence-electron chi connectivity index (χ1n) is 7.99. The normalized spacial score (nSPS) is 14.8. The molecule has 0 radical (unpaired) electrons. The molecule has 116 valence electrons. The number of nitrogens with two attached hydrogens (primary N) is 1. The van der Waals surface area contributed by atoms with E-state index >= 15 is 0 Å². The molecule has 2 aromatic heterocycles. The van der Waals surface area contributed by atoms with Gasteiger partial charge in [-0.25, -0.2) is 15.0 Å². The van der Waals surface area contributed by atoms with Gasteiger partial charge in [-0.2, -0.15) is 0 Å². The summed E-state index contributed by atoms with van der Waals surface area (Å²) in [6, 6.07) is 13.1. The van der Waals surface area contributed by atoms with Gasteiger partial charge in [-0.05, 0) is 36.6 Å². The second-order valence-corrected chi connectivity index (χ2v) is 6.03. The standard InChI is InChI=1S/C18H19N5/c19-18-17-16(21-11-22-18)8-7-15(23-17)13-4-1-3-12(9-13)10-20-14-5-2-6-14/h1,3-4,7-9,11,14,20H,2,5-6,10H2,(H2,19,21,22). The van der Waals surface area contributed by atoms with Gasteiger partial charge in [0.15, 0.2) is 5.82 Å². The third kappa shape index (κ3) is 2.87. The van der Waals surface area contributed by atoms with E-state index in [0.717, 1.165) is 23.3 Å². The maximum atomic E-state index is 5.91. The van der Waals surface area contributed by atoms with Crippen LogP contribution in [0.5, 0.6) is 0 Å². The predicted octanol–water partition coefficient (Wildman–Crippen LogP) is 2.92. The fourth-order valence-corrected chi connectivity index (χ4v) is 2.83. The van der Waals surface area contributed by atoms with Crippen molar-refractivity contribution in [2.75, 3.05) is 5.73 Å². The van der Waals surface area contributed by atoms with E-state index in [2.05, 4.69) is 44.5 Å². The highest BCUT2D eigenvalue weighted by atomic mass is 14.9. The summed E-state index contributed by atoms with van der Waals surface area (Å²) in [6.45, 7) is 0.900. The Balaban J connectivity index is 1.62. The Morgan fingerprint density at radius 2 is 2.04 bits per heavy atom. The lowest BCUT2D eigenvalue weighted by molar-refractivity contribution is 0.338. The molecule has 3 N–H and O–H groups in total. The molecule has 0 unspecified atom stereocenters. The van der Waals surface area contributed by atoms with Gasteiger partial charge >= 0.3 is 0 Å². The van der Waals surface area contributed by atoms with Gasteiger partial charge in [0.05, 0.1) is 11.2 Å². The lowest BCUT2D eigenvalue weighted by atomic mass is 9.93. The van der Waals surface area contributed by atoms with Crippen molar-refractivity contribution in [2.45, 2.75) is 31.8 Å². The zero-order valence-corrected chi connectivity index (χ0v) is 12.9. The number of fused-ring (bicyclic) bond motifs is 1. The van der Waals surface area contributed by atoms with Gasteiger partial charge in [0, 0.05) is 18.2 Å². The molecule has 0 spiro atoms.